The molecule has 1 amide bonds. The SMILES string of the molecule is NC1(C(=O)Nc2nc(C3CC3)cs2)CCCC1. The number of anilines is 1. The molecule has 0 unspecified atom stereocenters. The summed E-state index contributed by atoms with van der Waals surface area (Å²) in [5.74, 6) is 0.571. The monoisotopic (exact) mass is 251 g/mol. The molecule has 0 bridgehead atoms. The van der Waals surface area contributed by atoms with Crippen molar-refractivity contribution < 1.29 is 4.79 Å². The third-order valence-corrected chi connectivity index (χ3v) is 4.46. The van der Waals surface area contributed by atoms with Gasteiger partial charge in [-0.25, -0.2) is 4.98 Å². The van der Waals surface area contributed by atoms with Gasteiger partial charge in [-0.15, -0.1) is 11.3 Å². The maximum absolute atomic E-state index is 12.1. The lowest BCUT2D eigenvalue weighted by atomic mass is 9.98. The van der Waals surface area contributed by atoms with Gasteiger partial charge in [-0.2, -0.15) is 0 Å². The fraction of sp³-hybridized carbons (Fsp3) is 0.667. The van der Waals surface area contributed by atoms with Crippen molar-refractivity contribution in [3.8, 4) is 0 Å². The van der Waals surface area contributed by atoms with Crippen LogP contribution in [0.25, 0.3) is 0 Å². The Labute approximate surface area is 105 Å². The summed E-state index contributed by atoms with van der Waals surface area (Å²) in [4.78, 5) is 16.5. The Morgan fingerprint density at radius 2 is 2.18 bits per heavy atom. The molecule has 2 aliphatic rings. The summed E-state index contributed by atoms with van der Waals surface area (Å²) in [5.41, 5.74) is 6.56. The molecule has 0 spiro atoms. The number of hydrogen-bond acceptors (Lipinski definition) is 4. The maximum Gasteiger partial charge on any atom is 0.246 e. The highest BCUT2D eigenvalue weighted by molar-refractivity contribution is 7.14. The average Bonchev–Trinajstić information content (AvgIpc) is 2.89. The van der Waals surface area contributed by atoms with Crippen LogP contribution in [0.5, 0.6) is 0 Å². The molecular formula is C12H17N3OS. The van der Waals surface area contributed by atoms with Gasteiger partial charge in [0, 0.05) is 11.3 Å². The molecule has 0 atom stereocenters. The van der Waals surface area contributed by atoms with Crippen LogP contribution >= 0.6 is 11.3 Å². The Morgan fingerprint density at radius 3 is 2.82 bits per heavy atom. The van der Waals surface area contributed by atoms with Crippen molar-refractivity contribution in [2.75, 3.05) is 5.32 Å². The van der Waals surface area contributed by atoms with Crippen LogP contribution < -0.4 is 11.1 Å². The number of thiazole rings is 1. The molecule has 1 heterocycles. The lowest BCUT2D eigenvalue weighted by Crippen LogP contribution is -2.48. The number of hydrogen-bond donors (Lipinski definition) is 2. The zero-order valence-electron chi connectivity index (χ0n) is 9.74. The standard InChI is InChI=1S/C12H17N3OS/c13-12(5-1-2-6-12)10(16)15-11-14-9(7-17-11)8-3-4-8/h7-8H,1-6,13H2,(H,14,15,16). The van der Waals surface area contributed by atoms with E-state index in [1.165, 1.54) is 24.2 Å². The highest BCUT2D eigenvalue weighted by atomic mass is 32.1. The van der Waals surface area contributed by atoms with Crippen molar-refractivity contribution in [3.05, 3.63) is 11.1 Å². The first-order valence-electron chi connectivity index (χ1n) is 6.23. The molecular weight excluding hydrogens is 234 g/mol. The highest BCUT2D eigenvalue weighted by Gasteiger charge is 2.37. The van der Waals surface area contributed by atoms with Crippen molar-refractivity contribution in [2.45, 2.75) is 50.0 Å². The van der Waals surface area contributed by atoms with E-state index in [-0.39, 0.29) is 5.91 Å². The van der Waals surface area contributed by atoms with Gasteiger partial charge in [0.05, 0.1) is 11.2 Å². The van der Waals surface area contributed by atoms with Crippen LogP contribution in [-0.4, -0.2) is 16.4 Å². The Balaban J connectivity index is 1.66. The molecule has 17 heavy (non-hydrogen) atoms. The van der Waals surface area contributed by atoms with Crippen LogP contribution in [0.2, 0.25) is 0 Å². The molecule has 1 aromatic rings. The summed E-state index contributed by atoms with van der Waals surface area (Å²) in [7, 11) is 0. The minimum Gasteiger partial charge on any atom is -0.317 e. The summed E-state index contributed by atoms with van der Waals surface area (Å²) >= 11 is 1.51. The van der Waals surface area contributed by atoms with Gasteiger partial charge in [0.2, 0.25) is 5.91 Å². The summed E-state index contributed by atoms with van der Waals surface area (Å²) in [6, 6.07) is 0. The van der Waals surface area contributed by atoms with E-state index >= 15 is 0 Å². The van der Waals surface area contributed by atoms with Crippen molar-refractivity contribution in [3.63, 3.8) is 0 Å². The molecule has 3 N–H and O–H groups in total. The number of amides is 1. The third-order valence-electron chi connectivity index (χ3n) is 3.69. The molecule has 92 valence electrons. The van der Waals surface area contributed by atoms with Crippen LogP contribution in [0.4, 0.5) is 5.13 Å². The normalized spacial score (nSPS) is 22.6. The fourth-order valence-electron chi connectivity index (χ4n) is 2.36. The molecule has 0 radical (unpaired) electrons. The van der Waals surface area contributed by atoms with Gasteiger partial charge in [0.15, 0.2) is 5.13 Å². The lowest BCUT2D eigenvalue weighted by Gasteiger charge is -2.21. The molecule has 2 saturated carbocycles. The Kier molecular flexibility index (Phi) is 2.67. The maximum atomic E-state index is 12.1. The van der Waals surface area contributed by atoms with Crippen molar-refractivity contribution in [2.24, 2.45) is 5.73 Å². The number of aromatic nitrogens is 1. The number of carbonyl (C=O) groups excluding carboxylic acids is 1. The van der Waals surface area contributed by atoms with Crippen LogP contribution in [0, 0.1) is 0 Å². The Morgan fingerprint density at radius 1 is 1.47 bits per heavy atom. The molecule has 1 aromatic heterocycles. The smallest absolute Gasteiger partial charge is 0.246 e. The topological polar surface area (TPSA) is 68.0 Å². The van der Waals surface area contributed by atoms with Crippen molar-refractivity contribution in [1.82, 2.24) is 4.98 Å². The second kappa shape index (κ2) is 4.07. The molecule has 2 aliphatic carbocycles. The van der Waals surface area contributed by atoms with E-state index in [0.29, 0.717) is 11.0 Å². The number of nitrogens with two attached hydrogens (primary N) is 1. The summed E-state index contributed by atoms with van der Waals surface area (Å²) in [6.45, 7) is 0. The van der Waals surface area contributed by atoms with E-state index < -0.39 is 5.54 Å². The first-order valence-corrected chi connectivity index (χ1v) is 7.11. The molecule has 0 aromatic carbocycles. The lowest BCUT2D eigenvalue weighted by molar-refractivity contribution is -0.121. The molecule has 2 fully saturated rings. The van der Waals surface area contributed by atoms with Gasteiger partial charge in [-0.05, 0) is 25.7 Å². The van der Waals surface area contributed by atoms with Crippen LogP contribution in [0.1, 0.15) is 50.1 Å². The third kappa shape index (κ3) is 2.21. The number of nitrogens with one attached hydrogen (secondary N) is 1. The zero-order chi connectivity index (χ0) is 11.9. The molecule has 0 aliphatic heterocycles. The zero-order valence-corrected chi connectivity index (χ0v) is 10.6. The van der Waals surface area contributed by atoms with E-state index in [4.69, 9.17) is 5.73 Å². The largest absolute Gasteiger partial charge is 0.317 e. The van der Waals surface area contributed by atoms with Crippen LogP contribution in [0.3, 0.4) is 0 Å². The molecule has 5 heteroatoms. The first-order chi connectivity index (χ1) is 8.17. The molecule has 3 rings (SSSR count). The number of rotatable bonds is 3. The number of carbonyl (C=O) groups is 1. The number of nitrogens with zero attached hydrogens (tertiary/aromatic N) is 1. The van der Waals surface area contributed by atoms with E-state index in [1.807, 2.05) is 5.38 Å². The predicted octanol–water partition coefficient (Wildman–Crippen LogP) is 2.23. The Bertz CT molecular complexity index is 433. The second-order valence-corrected chi connectivity index (χ2v) is 6.03. The Hall–Kier alpha value is -0.940. The summed E-state index contributed by atoms with van der Waals surface area (Å²) in [5, 5.41) is 5.62. The first kappa shape index (κ1) is 11.2. The second-order valence-electron chi connectivity index (χ2n) is 5.17. The van der Waals surface area contributed by atoms with Gasteiger partial charge in [-0.3, -0.25) is 4.79 Å². The quantitative estimate of drug-likeness (QED) is 0.865. The van der Waals surface area contributed by atoms with Crippen molar-refractivity contribution >= 4 is 22.4 Å². The van der Waals surface area contributed by atoms with Gasteiger partial charge in [-0.1, -0.05) is 12.8 Å². The fourth-order valence-corrected chi connectivity index (χ4v) is 3.15. The highest BCUT2D eigenvalue weighted by Crippen LogP contribution is 2.41. The van der Waals surface area contributed by atoms with Gasteiger partial charge < -0.3 is 11.1 Å². The van der Waals surface area contributed by atoms with Gasteiger partial charge >= 0.3 is 0 Å². The van der Waals surface area contributed by atoms with E-state index in [1.54, 1.807) is 0 Å². The van der Waals surface area contributed by atoms with E-state index in [9.17, 15) is 4.79 Å². The van der Waals surface area contributed by atoms with Crippen LogP contribution in [-0.2, 0) is 4.79 Å². The summed E-state index contributed by atoms with van der Waals surface area (Å²) in [6.07, 6.45) is 6.15. The van der Waals surface area contributed by atoms with E-state index in [2.05, 4.69) is 10.3 Å². The van der Waals surface area contributed by atoms with Crippen LogP contribution in [0.15, 0.2) is 5.38 Å². The van der Waals surface area contributed by atoms with Crippen molar-refractivity contribution in [1.29, 1.82) is 0 Å². The van der Waals surface area contributed by atoms with Gasteiger partial charge in [0.25, 0.3) is 0 Å². The van der Waals surface area contributed by atoms with Gasteiger partial charge in [0.1, 0.15) is 0 Å². The minimum atomic E-state index is -0.661. The minimum absolute atomic E-state index is 0.0632. The molecule has 0 saturated heterocycles. The summed E-state index contributed by atoms with van der Waals surface area (Å²) < 4.78 is 0. The predicted molar refractivity (Wildman–Crippen MR) is 68.1 cm³/mol. The molecule has 4 nitrogen and oxygen atoms in total. The average molecular weight is 251 g/mol. The van der Waals surface area contributed by atoms with E-state index in [0.717, 1.165) is 31.4 Å².